The monoisotopic (exact) mass is 474 g/mol. The molecule has 2 aromatic rings. The van der Waals surface area contributed by atoms with Crippen molar-refractivity contribution in [2.24, 2.45) is 17.8 Å². The van der Waals surface area contributed by atoms with E-state index in [0.717, 1.165) is 50.1 Å². The quantitative estimate of drug-likeness (QED) is 0.634. The highest BCUT2D eigenvalue weighted by molar-refractivity contribution is 5.79. The van der Waals surface area contributed by atoms with Crippen LogP contribution in [0.3, 0.4) is 0 Å². The Balaban J connectivity index is 1.04. The third-order valence-corrected chi connectivity index (χ3v) is 7.31. The molecule has 3 fully saturated rings. The fourth-order valence-corrected chi connectivity index (χ4v) is 5.68. The van der Waals surface area contributed by atoms with Crippen LogP contribution in [0.2, 0.25) is 0 Å². The molecule has 2 saturated heterocycles. The number of nitrogens with zero attached hydrogens (tertiary/aromatic N) is 3. The third-order valence-electron chi connectivity index (χ3n) is 7.31. The van der Waals surface area contributed by atoms with Crippen molar-refractivity contribution in [2.75, 3.05) is 32.7 Å². The summed E-state index contributed by atoms with van der Waals surface area (Å²) in [6, 6.07) is 10.2. The second-order valence-corrected chi connectivity index (χ2v) is 9.54. The molecular formula is C25H29F3N4O2. The van der Waals surface area contributed by atoms with Crippen LogP contribution in [0, 0.1) is 17.8 Å². The molecule has 9 heteroatoms. The van der Waals surface area contributed by atoms with E-state index in [1.165, 1.54) is 12.1 Å². The molecular weight excluding hydrogens is 445 g/mol. The van der Waals surface area contributed by atoms with Gasteiger partial charge in [0.25, 0.3) is 0 Å². The molecule has 3 unspecified atom stereocenters. The summed E-state index contributed by atoms with van der Waals surface area (Å²) >= 11 is 0. The van der Waals surface area contributed by atoms with Gasteiger partial charge in [-0.1, -0.05) is 12.1 Å². The Morgan fingerprint density at radius 1 is 1.15 bits per heavy atom. The van der Waals surface area contributed by atoms with Crippen LogP contribution in [0.1, 0.15) is 30.0 Å². The first-order chi connectivity index (χ1) is 16.4. The van der Waals surface area contributed by atoms with E-state index in [1.807, 2.05) is 17.0 Å². The minimum absolute atomic E-state index is 0.157. The Morgan fingerprint density at radius 2 is 1.91 bits per heavy atom. The van der Waals surface area contributed by atoms with Crippen LogP contribution in [-0.4, -0.2) is 59.8 Å². The number of carbonyl (C=O) groups is 1. The fraction of sp³-hybridized carbons (Fsp3) is 0.520. The number of likely N-dealkylation sites (tertiary alicyclic amines) is 2. The molecule has 1 saturated carbocycles. The van der Waals surface area contributed by atoms with Gasteiger partial charge in [0.1, 0.15) is 5.75 Å². The lowest BCUT2D eigenvalue weighted by Crippen LogP contribution is -2.40. The van der Waals surface area contributed by atoms with Crippen molar-refractivity contribution >= 4 is 5.91 Å². The number of benzene rings is 1. The molecule has 1 aromatic carbocycles. The largest absolute Gasteiger partial charge is 0.573 e. The van der Waals surface area contributed by atoms with Crippen molar-refractivity contribution in [3.63, 3.8) is 0 Å². The van der Waals surface area contributed by atoms with Crippen LogP contribution in [0.4, 0.5) is 13.2 Å². The average Bonchev–Trinajstić information content (AvgIpc) is 3.16. The van der Waals surface area contributed by atoms with Gasteiger partial charge in [0.15, 0.2) is 0 Å². The molecule has 0 spiro atoms. The smallest absolute Gasteiger partial charge is 0.406 e. The number of pyridine rings is 1. The number of piperidine rings is 1. The molecule has 1 aromatic heterocycles. The molecule has 182 valence electrons. The Morgan fingerprint density at radius 3 is 2.65 bits per heavy atom. The molecule has 6 nitrogen and oxygen atoms in total. The first-order valence-corrected chi connectivity index (χ1v) is 11.8. The van der Waals surface area contributed by atoms with Gasteiger partial charge >= 0.3 is 6.36 Å². The summed E-state index contributed by atoms with van der Waals surface area (Å²) in [5, 5.41) is 3.37. The highest BCUT2D eigenvalue weighted by atomic mass is 19.4. The average molecular weight is 475 g/mol. The molecule has 1 aliphatic carbocycles. The van der Waals surface area contributed by atoms with E-state index < -0.39 is 6.36 Å². The van der Waals surface area contributed by atoms with Crippen molar-refractivity contribution in [1.82, 2.24) is 20.1 Å². The van der Waals surface area contributed by atoms with Gasteiger partial charge in [0.05, 0.1) is 12.6 Å². The maximum Gasteiger partial charge on any atom is 0.573 e. The van der Waals surface area contributed by atoms with Crippen molar-refractivity contribution in [1.29, 1.82) is 0 Å². The summed E-state index contributed by atoms with van der Waals surface area (Å²) in [7, 11) is 0. The van der Waals surface area contributed by atoms with Gasteiger partial charge in [-0.3, -0.25) is 14.7 Å². The number of ether oxygens (including phenoxy) is 1. The molecule has 1 N–H and O–H groups in total. The van der Waals surface area contributed by atoms with Crippen molar-refractivity contribution < 1.29 is 22.7 Å². The predicted molar refractivity (Wildman–Crippen MR) is 120 cm³/mol. The minimum atomic E-state index is -4.68. The number of nitrogens with one attached hydrogen (secondary N) is 1. The minimum Gasteiger partial charge on any atom is -0.406 e. The molecule has 3 aliphatic rings. The van der Waals surface area contributed by atoms with E-state index in [2.05, 4.69) is 19.9 Å². The van der Waals surface area contributed by atoms with Crippen molar-refractivity contribution in [3.05, 3.63) is 59.9 Å². The van der Waals surface area contributed by atoms with Gasteiger partial charge in [0, 0.05) is 38.6 Å². The Hall–Kier alpha value is -2.65. The predicted octanol–water partition coefficient (Wildman–Crippen LogP) is 3.61. The number of aromatic nitrogens is 1. The number of rotatable bonds is 8. The second kappa shape index (κ2) is 9.54. The summed E-state index contributed by atoms with van der Waals surface area (Å²) in [6.45, 7) is 4.49. The van der Waals surface area contributed by atoms with Gasteiger partial charge < -0.3 is 15.0 Å². The molecule has 5 rings (SSSR count). The lowest BCUT2D eigenvalue weighted by molar-refractivity contribution is -0.274. The maximum absolute atomic E-state index is 13.0. The first-order valence-electron chi connectivity index (χ1n) is 11.8. The zero-order valence-corrected chi connectivity index (χ0v) is 18.9. The molecule has 3 heterocycles. The highest BCUT2D eigenvalue weighted by Crippen LogP contribution is 2.51. The topological polar surface area (TPSA) is 57.7 Å². The van der Waals surface area contributed by atoms with Crippen LogP contribution in [-0.2, 0) is 11.3 Å². The van der Waals surface area contributed by atoms with E-state index in [1.54, 1.807) is 24.5 Å². The summed E-state index contributed by atoms with van der Waals surface area (Å²) < 4.78 is 41.2. The van der Waals surface area contributed by atoms with Crippen LogP contribution in [0.5, 0.6) is 5.75 Å². The van der Waals surface area contributed by atoms with Crippen LogP contribution in [0.15, 0.2) is 48.8 Å². The first kappa shape index (κ1) is 23.1. The summed E-state index contributed by atoms with van der Waals surface area (Å²) in [5.74, 6) is 1.76. The second-order valence-electron chi connectivity index (χ2n) is 9.54. The van der Waals surface area contributed by atoms with Crippen LogP contribution < -0.4 is 10.1 Å². The lowest BCUT2D eigenvalue weighted by Gasteiger charge is -2.28. The molecule has 0 bridgehead atoms. The SMILES string of the molecule is O=C(CN1CC2C(CNCc3cccc(OC(F)(F)F)c3)C2C1)N1CCCC1c1ccncc1. The summed E-state index contributed by atoms with van der Waals surface area (Å²) in [4.78, 5) is 21.4. The van der Waals surface area contributed by atoms with Gasteiger partial charge in [-0.15, -0.1) is 13.2 Å². The van der Waals surface area contributed by atoms with Gasteiger partial charge in [-0.05, 0) is 72.5 Å². The number of alkyl halides is 3. The van der Waals surface area contributed by atoms with E-state index in [-0.39, 0.29) is 17.7 Å². The van der Waals surface area contributed by atoms with Crippen molar-refractivity contribution in [3.8, 4) is 5.75 Å². The van der Waals surface area contributed by atoms with Crippen LogP contribution in [0.25, 0.3) is 0 Å². The Labute approximate surface area is 197 Å². The fourth-order valence-electron chi connectivity index (χ4n) is 5.68. The maximum atomic E-state index is 13.0. The van der Waals surface area contributed by atoms with E-state index in [0.29, 0.717) is 30.8 Å². The number of halogens is 3. The standard InChI is InChI=1S/C25H29F3N4O2/c26-25(27,28)34-19-4-1-3-17(11-19)12-30-13-20-21-14-31(15-22(20)21)16-24(33)32-10-2-5-23(32)18-6-8-29-9-7-18/h1,3-4,6-9,11,20-23,30H,2,5,10,12-16H2. The lowest BCUT2D eigenvalue weighted by atomic mass is 10.1. The number of hydrogen-bond donors (Lipinski definition) is 1. The Kier molecular flexibility index (Phi) is 6.48. The normalized spacial score (nSPS) is 26.5. The molecule has 3 atom stereocenters. The number of hydrogen-bond acceptors (Lipinski definition) is 5. The van der Waals surface area contributed by atoms with Crippen molar-refractivity contribution in [2.45, 2.75) is 31.8 Å². The van der Waals surface area contributed by atoms with Crippen LogP contribution >= 0.6 is 0 Å². The van der Waals surface area contributed by atoms with E-state index in [9.17, 15) is 18.0 Å². The van der Waals surface area contributed by atoms with Gasteiger partial charge in [-0.25, -0.2) is 0 Å². The molecule has 2 aliphatic heterocycles. The van der Waals surface area contributed by atoms with Gasteiger partial charge in [-0.2, -0.15) is 0 Å². The van der Waals surface area contributed by atoms with E-state index in [4.69, 9.17) is 0 Å². The number of amides is 1. The number of fused-ring (bicyclic) bond motifs is 1. The summed E-state index contributed by atoms with van der Waals surface area (Å²) in [6.07, 6.45) is 0.916. The Bertz CT molecular complexity index is 991. The zero-order chi connectivity index (χ0) is 23.7. The molecule has 1 amide bonds. The van der Waals surface area contributed by atoms with E-state index >= 15 is 0 Å². The van der Waals surface area contributed by atoms with Gasteiger partial charge in [0.2, 0.25) is 5.91 Å². The zero-order valence-electron chi connectivity index (χ0n) is 18.9. The summed E-state index contributed by atoms with van der Waals surface area (Å²) in [5.41, 5.74) is 1.92. The third kappa shape index (κ3) is 5.36. The molecule has 0 radical (unpaired) electrons. The highest BCUT2D eigenvalue weighted by Gasteiger charge is 2.55. The molecule has 34 heavy (non-hydrogen) atoms. The number of carbonyl (C=O) groups excluding carboxylic acids is 1.